The molecular formula is C17H19N3O2. The van der Waals surface area contributed by atoms with Crippen molar-refractivity contribution in [1.82, 2.24) is 14.7 Å². The van der Waals surface area contributed by atoms with Crippen LogP contribution >= 0.6 is 0 Å². The van der Waals surface area contributed by atoms with Crippen LogP contribution in [0.25, 0.3) is 11.3 Å². The van der Waals surface area contributed by atoms with Crippen molar-refractivity contribution in [3.05, 3.63) is 52.8 Å². The number of carbonyl (C=O) groups is 1. The second kappa shape index (κ2) is 5.75. The lowest BCUT2D eigenvalue weighted by Gasteiger charge is -2.40. The topological polar surface area (TPSA) is 55.2 Å². The Hall–Kier alpha value is -2.43. The Kier molecular flexibility index (Phi) is 3.79. The predicted octanol–water partition coefficient (Wildman–Crippen LogP) is 1.95. The van der Waals surface area contributed by atoms with Gasteiger partial charge in [-0.15, -0.1) is 0 Å². The van der Waals surface area contributed by atoms with E-state index < -0.39 is 0 Å². The number of amides is 1. The molecule has 1 saturated heterocycles. The Morgan fingerprint density at radius 2 is 1.82 bits per heavy atom. The fourth-order valence-corrected chi connectivity index (χ4v) is 2.60. The van der Waals surface area contributed by atoms with Crippen molar-refractivity contribution in [2.24, 2.45) is 5.92 Å². The first-order valence-corrected chi connectivity index (χ1v) is 7.50. The van der Waals surface area contributed by atoms with Crippen molar-refractivity contribution in [3.8, 4) is 11.3 Å². The molecule has 114 valence electrons. The van der Waals surface area contributed by atoms with Crippen LogP contribution in [0.1, 0.15) is 19.9 Å². The number of benzene rings is 1. The largest absolute Gasteiger partial charge is 0.338 e. The number of rotatable bonds is 3. The Morgan fingerprint density at radius 1 is 1.14 bits per heavy atom. The lowest BCUT2D eigenvalue weighted by Crippen LogP contribution is -2.54. The average molecular weight is 297 g/mol. The molecule has 1 aliphatic rings. The van der Waals surface area contributed by atoms with Gasteiger partial charge in [0, 0.05) is 30.6 Å². The molecule has 0 N–H and O–H groups in total. The molecule has 1 aromatic carbocycles. The monoisotopic (exact) mass is 297 g/mol. The van der Waals surface area contributed by atoms with Crippen LogP contribution in [-0.2, 0) is 4.79 Å². The van der Waals surface area contributed by atoms with Crippen LogP contribution in [0.2, 0.25) is 0 Å². The molecule has 0 spiro atoms. The normalized spacial score (nSPS) is 15.0. The lowest BCUT2D eigenvalue weighted by molar-refractivity contribution is -0.140. The fraction of sp³-hybridized carbons (Fsp3) is 0.353. The van der Waals surface area contributed by atoms with E-state index in [1.54, 1.807) is 17.0 Å². The van der Waals surface area contributed by atoms with Crippen LogP contribution in [-0.4, -0.2) is 33.7 Å². The average Bonchev–Trinajstić information content (AvgIpc) is 2.48. The molecule has 1 aromatic heterocycles. The zero-order valence-corrected chi connectivity index (χ0v) is 12.8. The first-order valence-electron chi connectivity index (χ1n) is 7.50. The number of hydrogen-bond acceptors (Lipinski definition) is 3. The number of carbonyl (C=O) groups excluding carboxylic acids is 1. The van der Waals surface area contributed by atoms with E-state index in [1.807, 2.05) is 44.2 Å². The molecule has 0 bridgehead atoms. The van der Waals surface area contributed by atoms with Crippen LogP contribution < -0.4 is 5.56 Å². The van der Waals surface area contributed by atoms with Crippen LogP contribution in [0.5, 0.6) is 0 Å². The van der Waals surface area contributed by atoms with E-state index in [-0.39, 0.29) is 23.4 Å². The first-order chi connectivity index (χ1) is 10.6. The predicted molar refractivity (Wildman–Crippen MR) is 84.4 cm³/mol. The molecule has 1 amide bonds. The minimum atomic E-state index is -0.124. The number of aromatic nitrogens is 2. The smallest absolute Gasteiger partial charge is 0.267 e. The Balaban J connectivity index is 1.81. The second-order valence-corrected chi connectivity index (χ2v) is 5.92. The minimum absolute atomic E-state index is 0.0127. The molecule has 0 aliphatic carbocycles. The standard InChI is InChI=1S/C17H19N3O2/c1-12(2)17(22)19-10-14(11-19)20-16(21)9-8-15(18-20)13-6-4-3-5-7-13/h3-9,12,14H,10-11H2,1-2H3. The minimum Gasteiger partial charge on any atom is -0.338 e. The van der Waals surface area contributed by atoms with Gasteiger partial charge in [-0.2, -0.15) is 5.10 Å². The maximum absolute atomic E-state index is 12.0. The summed E-state index contributed by atoms with van der Waals surface area (Å²) in [5, 5.41) is 4.47. The number of likely N-dealkylation sites (tertiary alicyclic amines) is 1. The molecule has 0 unspecified atom stereocenters. The van der Waals surface area contributed by atoms with Gasteiger partial charge in [-0.1, -0.05) is 44.2 Å². The molecule has 2 heterocycles. The van der Waals surface area contributed by atoms with E-state index in [1.165, 1.54) is 4.68 Å². The van der Waals surface area contributed by atoms with Crippen LogP contribution in [0.15, 0.2) is 47.3 Å². The Morgan fingerprint density at radius 3 is 2.45 bits per heavy atom. The molecule has 1 aliphatic heterocycles. The molecule has 0 atom stereocenters. The van der Waals surface area contributed by atoms with E-state index >= 15 is 0 Å². The van der Waals surface area contributed by atoms with Gasteiger partial charge < -0.3 is 4.90 Å². The molecule has 22 heavy (non-hydrogen) atoms. The van der Waals surface area contributed by atoms with E-state index in [0.717, 1.165) is 11.3 Å². The summed E-state index contributed by atoms with van der Waals surface area (Å²) in [6.45, 7) is 4.89. The summed E-state index contributed by atoms with van der Waals surface area (Å²) in [4.78, 5) is 25.7. The van der Waals surface area contributed by atoms with Gasteiger partial charge in [0.05, 0.1) is 11.7 Å². The van der Waals surface area contributed by atoms with E-state index in [2.05, 4.69) is 5.10 Å². The van der Waals surface area contributed by atoms with Crippen molar-refractivity contribution in [1.29, 1.82) is 0 Å². The summed E-state index contributed by atoms with van der Waals surface area (Å²) in [6.07, 6.45) is 0. The highest BCUT2D eigenvalue weighted by Crippen LogP contribution is 2.22. The Labute approximate surface area is 129 Å². The van der Waals surface area contributed by atoms with Gasteiger partial charge in [0.15, 0.2) is 0 Å². The molecule has 5 nitrogen and oxygen atoms in total. The summed E-state index contributed by atoms with van der Waals surface area (Å²) in [5.41, 5.74) is 1.63. The first kappa shape index (κ1) is 14.5. The molecule has 2 aromatic rings. The Bertz CT molecular complexity index is 731. The van der Waals surface area contributed by atoms with Crippen molar-refractivity contribution < 1.29 is 4.79 Å². The zero-order chi connectivity index (χ0) is 15.7. The number of nitrogens with zero attached hydrogens (tertiary/aromatic N) is 3. The van der Waals surface area contributed by atoms with Gasteiger partial charge in [0.1, 0.15) is 0 Å². The fourth-order valence-electron chi connectivity index (χ4n) is 2.60. The lowest BCUT2D eigenvalue weighted by atomic mass is 10.1. The summed E-state index contributed by atoms with van der Waals surface area (Å²) >= 11 is 0. The maximum Gasteiger partial charge on any atom is 0.267 e. The van der Waals surface area contributed by atoms with E-state index in [0.29, 0.717) is 13.1 Å². The van der Waals surface area contributed by atoms with Crippen LogP contribution in [0.3, 0.4) is 0 Å². The van der Waals surface area contributed by atoms with Crippen molar-refractivity contribution in [2.45, 2.75) is 19.9 Å². The highest BCUT2D eigenvalue weighted by molar-refractivity contribution is 5.78. The van der Waals surface area contributed by atoms with Crippen LogP contribution in [0, 0.1) is 5.92 Å². The summed E-state index contributed by atoms with van der Waals surface area (Å²) in [5.74, 6) is 0.116. The molecule has 5 heteroatoms. The van der Waals surface area contributed by atoms with Crippen molar-refractivity contribution >= 4 is 5.91 Å². The third kappa shape index (κ3) is 2.66. The summed E-state index contributed by atoms with van der Waals surface area (Å²) in [6, 6.07) is 13.0. The van der Waals surface area contributed by atoms with Gasteiger partial charge in [-0.3, -0.25) is 9.59 Å². The second-order valence-electron chi connectivity index (χ2n) is 5.92. The highest BCUT2D eigenvalue weighted by atomic mass is 16.2. The summed E-state index contributed by atoms with van der Waals surface area (Å²) < 4.78 is 1.51. The highest BCUT2D eigenvalue weighted by Gasteiger charge is 2.34. The number of hydrogen-bond donors (Lipinski definition) is 0. The molecular weight excluding hydrogens is 278 g/mol. The zero-order valence-electron chi connectivity index (χ0n) is 12.8. The molecule has 0 radical (unpaired) electrons. The molecule has 3 rings (SSSR count). The van der Waals surface area contributed by atoms with Crippen molar-refractivity contribution in [2.75, 3.05) is 13.1 Å². The van der Waals surface area contributed by atoms with E-state index in [4.69, 9.17) is 0 Å². The van der Waals surface area contributed by atoms with Gasteiger partial charge in [-0.05, 0) is 6.07 Å². The SMILES string of the molecule is CC(C)C(=O)N1CC(n2nc(-c3ccccc3)ccc2=O)C1. The van der Waals surface area contributed by atoms with Gasteiger partial charge in [-0.25, -0.2) is 4.68 Å². The van der Waals surface area contributed by atoms with Crippen molar-refractivity contribution in [3.63, 3.8) is 0 Å². The third-order valence-electron chi connectivity index (χ3n) is 3.91. The van der Waals surface area contributed by atoms with Gasteiger partial charge in [0.25, 0.3) is 5.56 Å². The maximum atomic E-state index is 12.0. The summed E-state index contributed by atoms with van der Waals surface area (Å²) in [7, 11) is 0. The van der Waals surface area contributed by atoms with Gasteiger partial charge >= 0.3 is 0 Å². The van der Waals surface area contributed by atoms with E-state index in [9.17, 15) is 9.59 Å². The van der Waals surface area contributed by atoms with Gasteiger partial charge in [0.2, 0.25) is 5.91 Å². The molecule has 0 saturated carbocycles. The van der Waals surface area contributed by atoms with Crippen LogP contribution in [0.4, 0.5) is 0 Å². The molecule has 1 fully saturated rings. The quantitative estimate of drug-likeness (QED) is 0.870. The third-order valence-corrected chi connectivity index (χ3v) is 3.91.